The number of halogens is 1. The number of aryl methyl sites for hydroxylation is 1. The summed E-state index contributed by atoms with van der Waals surface area (Å²) in [5, 5.41) is 14.0. The Balaban J connectivity index is 1.62. The summed E-state index contributed by atoms with van der Waals surface area (Å²) in [6, 6.07) is 4.87. The van der Waals surface area contributed by atoms with Crippen LogP contribution in [0.2, 0.25) is 5.02 Å². The molecule has 8 heteroatoms. The molecule has 2 fully saturated rings. The minimum atomic E-state index is -1.36. The lowest BCUT2D eigenvalue weighted by Gasteiger charge is -2.27. The van der Waals surface area contributed by atoms with Crippen LogP contribution < -0.4 is 5.32 Å². The van der Waals surface area contributed by atoms with Gasteiger partial charge in [-0.3, -0.25) is 9.59 Å². The van der Waals surface area contributed by atoms with E-state index in [-0.39, 0.29) is 24.7 Å². The van der Waals surface area contributed by atoms with Gasteiger partial charge < -0.3 is 20.1 Å². The van der Waals surface area contributed by atoms with Gasteiger partial charge in [0.1, 0.15) is 11.2 Å². The molecule has 0 bridgehead atoms. The highest BCUT2D eigenvalue weighted by molar-refractivity contribution is 6.30. The number of nitrogens with zero attached hydrogens (tertiary/aromatic N) is 1. The van der Waals surface area contributed by atoms with Crippen LogP contribution in [0.25, 0.3) is 0 Å². The summed E-state index contributed by atoms with van der Waals surface area (Å²) in [4.78, 5) is 39.6. The number of nitrogens with one attached hydrogen (secondary N) is 1. The summed E-state index contributed by atoms with van der Waals surface area (Å²) in [6.45, 7) is 9.87. The zero-order chi connectivity index (χ0) is 24.6. The third kappa shape index (κ3) is 5.87. The fraction of sp³-hybridized carbons (Fsp3) is 0.640. The molecule has 0 unspecified atom stereocenters. The maximum Gasteiger partial charge on any atom is 0.407 e. The summed E-state index contributed by atoms with van der Waals surface area (Å²) >= 11 is 6.18. The number of alkyl carbamates (subject to hydrolysis) is 1. The van der Waals surface area contributed by atoms with E-state index in [1.165, 1.54) is 0 Å². The van der Waals surface area contributed by atoms with E-state index in [9.17, 15) is 19.5 Å². The topological polar surface area (TPSA) is 95.9 Å². The average Bonchev–Trinajstić information content (AvgIpc) is 3.05. The summed E-state index contributed by atoms with van der Waals surface area (Å²) in [6.07, 6.45) is 1.97. The molecular weight excluding hydrogens is 444 g/mol. The van der Waals surface area contributed by atoms with Gasteiger partial charge in [0.25, 0.3) is 5.91 Å². The number of ketones is 1. The molecule has 182 valence electrons. The second-order valence-electron chi connectivity index (χ2n) is 10.8. The largest absolute Gasteiger partial charge is 0.444 e. The molecule has 1 aliphatic carbocycles. The number of hydrogen-bond donors (Lipinski definition) is 2. The van der Waals surface area contributed by atoms with E-state index in [2.05, 4.69) is 5.32 Å². The molecule has 3 rings (SSSR count). The molecule has 2 aliphatic rings. The number of ether oxygens (including phenoxy) is 1. The summed E-state index contributed by atoms with van der Waals surface area (Å²) in [5.41, 5.74) is -0.677. The Morgan fingerprint density at radius 3 is 2.52 bits per heavy atom. The van der Waals surface area contributed by atoms with Gasteiger partial charge in [0.15, 0.2) is 5.78 Å². The second-order valence-corrected chi connectivity index (χ2v) is 11.2. The van der Waals surface area contributed by atoms with Crippen molar-refractivity contribution >= 4 is 29.4 Å². The van der Waals surface area contributed by atoms with Crippen molar-refractivity contribution in [2.45, 2.75) is 90.5 Å². The van der Waals surface area contributed by atoms with Gasteiger partial charge in [-0.2, -0.15) is 0 Å². The van der Waals surface area contributed by atoms with Crippen molar-refractivity contribution in [3.8, 4) is 0 Å². The van der Waals surface area contributed by atoms with Crippen LogP contribution in [0, 0.1) is 5.41 Å². The molecule has 0 spiro atoms. The fourth-order valence-electron chi connectivity index (χ4n) is 4.45. The van der Waals surface area contributed by atoms with E-state index in [4.69, 9.17) is 16.3 Å². The lowest BCUT2D eigenvalue weighted by Crippen LogP contribution is -2.48. The van der Waals surface area contributed by atoms with E-state index in [1.54, 1.807) is 37.8 Å². The zero-order valence-electron chi connectivity index (χ0n) is 20.2. The molecule has 1 aromatic rings. The monoisotopic (exact) mass is 478 g/mol. The molecule has 1 saturated carbocycles. The van der Waals surface area contributed by atoms with Gasteiger partial charge in [-0.25, -0.2) is 4.79 Å². The number of benzene rings is 1. The Labute approximate surface area is 200 Å². The molecule has 1 aliphatic heterocycles. The molecule has 2 amide bonds. The van der Waals surface area contributed by atoms with E-state index in [0.29, 0.717) is 30.8 Å². The van der Waals surface area contributed by atoms with Crippen LogP contribution in [0.1, 0.15) is 71.4 Å². The van der Waals surface area contributed by atoms with E-state index < -0.39 is 28.8 Å². The number of aliphatic hydroxyl groups is 1. The number of carbonyl (C=O) groups is 3. The molecule has 7 nitrogen and oxygen atoms in total. The smallest absolute Gasteiger partial charge is 0.407 e. The molecule has 1 aromatic carbocycles. The van der Waals surface area contributed by atoms with Crippen molar-refractivity contribution in [1.82, 2.24) is 10.2 Å². The van der Waals surface area contributed by atoms with Crippen molar-refractivity contribution in [3.63, 3.8) is 0 Å². The van der Waals surface area contributed by atoms with Crippen LogP contribution in [-0.4, -0.2) is 51.6 Å². The standard InChI is InChI=1S/C25H35ClN2O5/c1-23(2,3)33-22(31)27-14-17-8-10-18(26)13-16(17)9-11-20(29)19-7-6-12-28(19)21(30)25(32)15-24(25,4)5/h8,10,13,19,32H,6-7,9,11-12,14-15H2,1-5H3,(H,27,31)/t19-,25-/m0/s1. The average molecular weight is 479 g/mol. The predicted molar refractivity (Wildman–Crippen MR) is 126 cm³/mol. The van der Waals surface area contributed by atoms with Crippen molar-refractivity contribution in [2.24, 2.45) is 5.41 Å². The number of amides is 2. The van der Waals surface area contributed by atoms with Crippen molar-refractivity contribution in [1.29, 1.82) is 0 Å². The van der Waals surface area contributed by atoms with Gasteiger partial charge in [-0.05, 0) is 69.7 Å². The quantitative estimate of drug-likeness (QED) is 0.617. The van der Waals surface area contributed by atoms with Crippen molar-refractivity contribution in [3.05, 3.63) is 34.3 Å². The van der Waals surface area contributed by atoms with Gasteiger partial charge in [0.05, 0.1) is 6.04 Å². The SMILES string of the molecule is CC(C)(C)OC(=O)NCc1ccc(Cl)cc1CCC(=O)[C@@H]1CCCN1C(=O)[C@@]1(O)CC1(C)C. The van der Waals surface area contributed by atoms with Crippen LogP contribution in [0.15, 0.2) is 18.2 Å². The highest BCUT2D eigenvalue weighted by Crippen LogP contribution is 2.56. The first kappa shape index (κ1) is 25.5. The lowest BCUT2D eigenvalue weighted by atomic mass is 9.97. The van der Waals surface area contributed by atoms with Crippen molar-refractivity contribution in [2.75, 3.05) is 6.54 Å². The summed E-state index contributed by atoms with van der Waals surface area (Å²) in [7, 11) is 0. The van der Waals surface area contributed by atoms with Gasteiger partial charge in [-0.15, -0.1) is 0 Å². The van der Waals surface area contributed by atoms with E-state index in [1.807, 2.05) is 19.9 Å². The van der Waals surface area contributed by atoms with Gasteiger partial charge in [-0.1, -0.05) is 31.5 Å². The Hall–Kier alpha value is -2.12. The summed E-state index contributed by atoms with van der Waals surface area (Å²) < 4.78 is 5.28. The Kier molecular flexibility index (Phi) is 7.16. The van der Waals surface area contributed by atoms with Crippen LogP contribution in [-0.2, 0) is 27.3 Å². The van der Waals surface area contributed by atoms with Gasteiger partial charge in [0.2, 0.25) is 0 Å². The number of rotatable bonds is 7. The maximum absolute atomic E-state index is 13.1. The minimum absolute atomic E-state index is 0.0195. The molecule has 0 radical (unpaired) electrons. The fourth-order valence-corrected chi connectivity index (χ4v) is 4.64. The number of hydrogen-bond acceptors (Lipinski definition) is 5. The molecular formula is C25H35ClN2O5. The Morgan fingerprint density at radius 2 is 1.91 bits per heavy atom. The third-order valence-corrected chi connectivity index (χ3v) is 6.80. The molecule has 2 atom stereocenters. The lowest BCUT2D eigenvalue weighted by molar-refractivity contribution is -0.148. The number of likely N-dealkylation sites (tertiary alicyclic amines) is 1. The van der Waals surface area contributed by atoms with Crippen LogP contribution >= 0.6 is 11.6 Å². The highest BCUT2D eigenvalue weighted by atomic mass is 35.5. The van der Waals surface area contributed by atoms with Crippen molar-refractivity contribution < 1.29 is 24.2 Å². The Bertz CT molecular complexity index is 939. The molecule has 1 heterocycles. The predicted octanol–water partition coefficient (Wildman–Crippen LogP) is 4.02. The first-order chi connectivity index (χ1) is 15.2. The highest BCUT2D eigenvalue weighted by Gasteiger charge is 2.67. The normalized spacial score (nSPS) is 23.8. The summed E-state index contributed by atoms with van der Waals surface area (Å²) in [5.74, 6) is -0.345. The van der Waals surface area contributed by atoms with Crippen LogP contribution in [0.5, 0.6) is 0 Å². The maximum atomic E-state index is 13.1. The van der Waals surface area contributed by atoms with Crippen LogP contribution in [0.3, 0.4) is 0 Å². The third-order valence-electron chi connectivity index (χ3n) is 6.56. The second kappa shape index (κ2) is 9.26. The molecule has 1 saturated heterocycles. The minimum Gasteiger partial charge on any atom is -0.444 e. The number of Topliss-reactive ketones (excluding diaryl/α,β-unsaturated/α-hetero) is 1. The van der Waals surface area contributed by atoms with Gasteiger partial charge >= 0.3 is 6.09 Å². The first-order valence-electron chi connectivity index (χ1n) is 11.5. The van der Waals surface area contributed by atoms with E-state index >= 15 is 0 Å². The van der Waals surface area contributed by atoms with Gasteiger partial charge in [0, 0.05) is 29.9 Å². The molecule has 0 aromatic heterocycles. The number of carbonyl (C=O) groups excluding carboxylic acids is 3. The van der Waals surface area contributed by atoms with Crippen LogP contribution in [0.4, 0.5) is 4.79 Å². The Morgan fingerprint density at radius 1 is 1.24 bits per heavy atom. The molecule has 2 N–H and O–H groups in total. The molecule has 33 heavy (non-hydrogen) atoms. The van der Waals surface area contributed by atoms with E-state index in [0.717, 1.165) is 17.5 Å². The zero-order valence-corrected chi connectivity index (χ0v) is 20.9. The first-order valence-corrected chi connectivity index (χ1v) is 11.9.